The van der Waals surface area contributed by atoms with Crippen LogP contribution in [-0.2, 0) is 5.41 Å². The fourth-order valence-corrected chi connectivity index (χ4v) is 8.45. The van der Waals surface area contributed by atoms with E-state index in [1.165, 1.54) is 65.7 Å². The number of rotatable bonds is 4. The van der Waals surface area contributed by atoms with Crippen LogP contribution in [0.5, 0.6) is 0 Å². The number of aromatic nitrogens is 2. The van der Waals surface area contributed by atoms with Gasteiger partial charge in [0.2, 0.25) is 0 Å². The lowest BCUT2D eigenvalue weighted by Gasteiger charge is -2.24. The van der Waals surface area contributed by atoms with Gasteiger partial charge in [0.25, 0.3) is 0 Å². The zero-order chi connectivity index (χ0) is 34.1. The van der Waals surface area contributed by atoms with E-state index in [0.717, 1.165) is 33.9 Å². The Hall–Kier alpha value is -6.38. The fraction of sp³-hybridized carbons (Fsp3) is 0.0612. The largest absolute Gasteiger partial charge is 0.228 e. The minimum Gasteiger partial charge on any atom is -0.228 e. The van der Waals surface area contributed by atoms with Crippen LogP contribution < -0.4 is 0 Å². The normalized spacial score (nSPS) is 13.1. The van der Waals surface area contributed by atoms with Crippen molar-refractivity contribution in [2.45, 2.75) is 19.3 Å². The third-order valence-corrected chi connectivity index (χ3v) is 10.9. The molecule has 10 rings (SSSR count). The van der Waals surface area contributed by atoms with E-state index in [9.17, 15) is 0 Å². The van der Waals surface area contributed by atoms with Crippen molar-refractivity contribution in [2.75, 3.05) is 0 Å². The summed E-state index contributed by atoms with van der Waals surface area (Å²) >= 11 is 0. The lowest BCUT2D eigenvalue weighted by molar-refractivity contribution is 0.662. The number of nitrogens with zero attached hydrogens (tertiary/aromatic N) is 2. The topological polar surface area (TPSA) is 25.8 Å². The van der Waals surface area contributed by atoms with E-state index in [1.54, 1.807) is 0 Å². The van der Waals surface area contributed by atoms with Gasteiger partial charge >= 0.3 is 0 Å². The van der Waals surface area contributed by atoms with Crippen molar-refractivity contribution in [1.29, 1.82) is 0 Å². The van der Waals surface area contributed by atoms with Crippen molar-refractivity contribution in [2.24, 2.45) is 0 Å². The Balaban J connectivity index is 1.15. The van der Waals surface area contributed by atoms with E-state index >= 15 is 0 Å². The van der Waals surface area contributed by atoms with E-state index < -0.39 is 0 Å². The average molecular weight is 651 g/mol. The molecule has 9 aromatic rings. The molecule has 8 aromatic carbocycles. The van der Waals surface area contributed by atoms with Crippen LogP contribution in [0.2, 0.25) is 0 Å². The highest BCUT2D eigenvalue weighted by molar-refractivity contribution is 6.20. The molecule has 0 fully saturated rings. The van der Waals surface area contributed by atoms with Crippen LogP contribution in [0.4, 0.5) is 0 Å². The molecule has 1 aliphatic rings. The summed E-state index contributed by atoms with van der Waals surface area (Å²) in [6.45, 7) is 4.67. The smallest absolute Gasteiger partial charge is 0.160 e. The average Bonchev–Trinajstić information content (AvgIpc) is 3.43. The monoisotopic (exact) mass is 650 g/mol. The molecule has 0 bridgehead atoms. The summed E-state index contributed by atoms with van der Waals surface area (Å²) in [4.78, 5) is 10.5. The van der Waals surface area contributed by atoms with Gasteiger partial charge in [-0.15, -0.1) is 0 Å². The van der Waals surface area contributed by atoms with Gasteiger partial charge in [0.1, 0.15) is 0 Å². The maximum atomic E-state index is 5.33. The van der Waals surface area contributed by atoms with Crippen molar-refractivity contribution in [3.05, 3.63) is 181 Å². The zero-order valence-corrected chi connectivity index (χ0v) is 28.6. The van der Waals surface area contributed by atoms with Crippen molar-refractivity contribution in [3.8, 4) is 56.2 Å². The minimum atomic E-state index is -0.158. The number of hydrogen-bond donors (Lipinski definition) is 0. The van der Waals surface area contributed by atoms with Crippen LogP contribution in [-0.4, -0.2) is 9.97 Å². The number of benzene rings is 8. The van der Waals surface area contributed by atoms with Crippen LogP contribution in [0.25, 0.3) is 88.5 Å². The van der Waals surface area contributed by atoms with Crippen LogP contribution in [0.3, 0.4) is 0 Å². The van der Waals surface area contributed by atoms with Crippen molar-refractivity contribution in [1.82, 2.24) is 9.97 Å². The summed E-state index contributed by atoms with van der Waals surface area (Å²) in [5.74, 6) is 0.720. The van der Waals surface area contributed by atoms with E-state index in [1.807, 2.05) is 0 Å². The van der Waals surface area contributed by atoms with E-state index in [0.29, 0.717) is 0 Å². The highest BCUT2D eigenvalue weighted by atomic mass is 14.9. The van der Waals surface area contributed by atoms with Gasteiger partial charge in [0.15, 0.2) is 5.82 Å². The summed E-state index contributed by atoms with van der Waals surface area (Å²) < 4.78 is 0. The molecule has 0 amide bonds. The van der Waals surface area contributed by atoms with Crippen LogP contribution in [0, 0.1) is 0 Å². The molecule has 1 heterocycles. The maximum Gasteiger partial charge on any atom is 0.160 e. The first-order valence-corrected chi connectivity index (χ1v) is 17.7. The lowest BCUT2D eigenvalue weighted by Crippen LogP contribution is -2.16. The summed E-state index contributed by atoms with van der Waals surface area (Å²) in [5, 5.41) is 7.55. The summed E-state index contributed by atoms with van der Waals surface area (Å²) in [7, 11) is 0. The molecule has 0 saturated heterocycles. The molecule has 51 heavy (non-hydrogen) atoms. The second kappa shape index (κ2) is 11.3. The molecule has 0 unspecified atom stereocenters. The van der Waals surface area contributed by atoms with Gasteiger partial charge in [-0.3, -0.25) is 0 Å². The van der Waals surface area contributed by atoms with E-state index in [-0.39, 0.29) is 5.41 Å². The number of hydrogen-bond acceptors (Lipinski definition) is 2. The highest BCUT2D eigenvalue weighted by Crippen LogP contribution is 2.52. The first-order chi connectivity index (χ1) is 25.0. The SMILES string of the molecule is CC1(C)c2ccccc2-c2cccc(-c3cc(-c4ccccc4)nc(-c4ccc(-c5c6ccccc6cc6c5ccc5ccccc56)cc4)n3)c21. The Bertz CT molecular complexity index is 2810. The van der Waals surface area contributed by atoms with Gasteiger partial charge in [-0.2, -0.15) is 0 Å². The quantitative estimate of drug-likeness (QED) is 0.140. The first-order valence-electron chi connectivity index (χ1n) is 17.7. The molecule has 0 radical (unpaired) electrons. The van der Waals surface area contributed by atoms with Crippen LogP contribution >= 0.6 is 0 Å². The van der Waals surface area contributed by atoms with Gasteiger partial charge in [0.05, 0.1) is 11.4 Å². The molecule has 0 saturated carbocycles. The van der Waals surface area contributed by atoms with Gasteiger partial charge < -0.3 is 0 Å². The Labute approximate surface area is 297 Å². The van der Waals surface area contributed by atoms with E-state index in [2.05, 4.69) is 184 Å². The summed E-state index contributed by atoms with van der Waals surface area (Å²) in [5.41, 5.74) is 12.6. The van der Waals surface area contributed by atoms with Crippen molar-refractivity contribution < 1.29 is 0 Å². The zero-order valence-electron chi connectivity index (χ0n) is 28.6. The predicted octanol–water partition coefficient (Wildman–Crippen LogP) is 12.9. The lowest BCUT2D eigenvalue weighted by atomic mass is 9.79. The molecule has 1 aromatic heterocycles. The molecule has 0 atom stereocenters. The van der Waals surface area contributed by atoms with Crippen LogP contribution in [0.15, 0.2) is 170 Å². The van der Waals surface area contributed by atoms with Gasteiger partial charge in [0, 0.05) is 22.1 Å². The number of fused-ring (bicyclic) bond motifs is 7. The van der Waals surface area contributed by atoms with E-state index in [4.69, 9.17) is 9.97 Å². The highest BCUT2D eigenvalue weighted by Gasteiger charge is 2.37. The maximum absolute atomic E-state index is 5.33. The molecule has 240 valence electrons. The fourth-order valence-electron chi connectivity index (χ4n) is 8.45. The molecule has 0 N–H and O–H groups in total. The molecule has 2 nitrogen and oxygen atoms in total. The molecular formula is C49H34N2. The standard InChI is InChI=1S/C49H34N2/c1-49(2)43-22-11-10-19-38(43)40-20-12-21-41(47(40)49)45-30-44(32-14-4-3-5-15-32)50-48(51-45)34-25-23-33(24-26-34)46-37-18-9-7-16-35(37)29-42-36-17-8-6-13-31(36)27-28-39(42)46/h3-30H,1-2H3. The molecule has 1 aliphatic carbocycles. The Morgan fingerprint density at radius 1 is 0.392 bits per heavy atom. The Kier molecular flexibility index (Phi) is 6.56. The summed E-state index contributed by atoms with van der Waals surface area (Å²) in [6.07, 6.45) is 0. The van der Waals surface area contributed by atoms with Crippen molar-refractivity contribution >= 4 is 32.3 Å². The third kappa shape index (κ3) is 4.64. The molecular weight excluding hydrogens is 617 g/mol. The van der Waals surface area contributed by atoms with Gasteiger partial charge in [-0.05, 0) is 77.8 Å². The second-order valence-corrected chi connectivity index (χ2v) is 14.2. The minimum absolute atomic E-state index is 0.158. The molecule has 2 heteroatoms. The summed E-state index contributed by atoms with van der Waals surface area (Å²) in [6, 6.07) is 61.2. The third-order valence-electron chi connectivity index (χ3n) is 10.9. The molecule has 0 spiro atoms. The predicted molar refractivity (Wildman–Crippen MR) is 214 cm³/mol. The van der Waals surface area contributed by atoms with Gasteiger partial charge in [-0.25, -0.2) is 9.97 Å². The first kappa shape index (κ1) is 29.5. The molecule has 0 aliphatic heterocycles. The second-order valence-electron chi connectivity index (χ2n) is 14.2. The van der Waals surface area contributed by atoms with Crippen molar-refractivity contribution in [3.63, 3.8) is 0 Å². The van der Waals surface area contributed by atoms with Crippen LogP contribution in [0.1, 0.15) is 25.0 Å². The Morgan fingerprint density at radius 2 is 1.04 bits per heavy atom. The van der Waals surface area contributed by atoms with Gasteiger partial charge in [-0.1, -0.05) is 172 Å². The Morgan fingerprint density at radius 3 is 1.88 bits per heavy atom.